The number of nitrogens with one attached hydrogen (secondary N) is 1. The Balaban J connectivity index is 1.92. The zero-order valence-corrected chi connectivity index (χ0v) is 15.9. The highest BCUT2D eigenvalue weighted by Crippen LogP contribution is 2.19. The highest BCUT2D eigenvalue weighted by Gasteiger charge is 2.26. The van der Waals surface area contributed by atoms with Gasteiger partial charge in [0.05, 0.1) is 6.54 Å². The fraction of sp³-hybridized carbons (Fsp3) is 0.889. The Morgan fingerprint density at radius 1 is 1.17 bits per heavy atom. The molecule has 0 aromatic heterocycles. The summed E-state index contributed by atoms with van der Waals surface area (Å²) in [6.07, 6.45) is 2.55. The van der Waals surface area contributed by atoms with Gasteiger partial charge in [-0.2, -0.15) is 0 Å². The third-order valence-electron chi connectivity index (χ3n) is 4.91. The first kappa shape index (κ1) is 19.0. The molecule has 6 nitrogen and oxygen atoms in total. The van der Waals surface area contributed by atoms with Crippen LogP contribution in [0, 0.1) is 5.92 Å². The maximum atomic E-state index is 11.5. The van der Waals surface area contributed by atoms with Gasteiger partial charge in [-0.05, 0) is 32.2 Å². The molecule has 1 atom stereocenters. The molecule has 1 N–H and O–H groups in total. The van der Waals surface area contributed by atoms with E-state index in [1.54, 1.807) is 6.92 Å². The molecule has 2 rings (SSSR count). The minimum absolute atomic E-state index is 0.173. The minimum atomic E-state index is 0.173. The molecule has 2 heterocycles. The van der Waals surface area contributed by atoms with Crippen molar-refractivity contribution in [1.29, 1.82) is 0 Å². The largest absolute Gasteiger partial charge is 0.357 e. The number of carbonyl (C=O) groups excluding carboxylic acids is 1. The summed E-state index contributed by atoms with van der Waals surface area (Å²) in [7, 11) is 0. The van der Waals surface area contributed by atoms with E-state index in [0.29, 0.717) is 12.0 Å². The van der Waals surface area contributed by atoms with Crippen molar-refractivity contribution in [3.8, 4) is 0 Å². The molecular formula is C18H35N5O. The fourth-order valence-corrected chi connectivity index (χ4v) is 3.66. The van der Waals surface area contributed by atoms with Gasteiger partial charge >= 0.3 is 0 Å². The van der Waals surface area contributed by atoms with Gasteiger partial charge in [0.15, 0.2) is 5.96 Å². The number of rotatable bonds is 5. The van der Waals surface area contributed by atoms with Gasteiger partial charge in [-0.15, -0.1) is 0 Å². The lowest BCUT2D eigenvalue weighted by Crippen LogP contribution is -2.53. The van der Waals surface area contributed by atoms with Crippen molar-refractivity contribution in [2.45, 2.75) is 46.6 Å². The normalized spacial score (nSPS) is 23.2. The van der Waals surface area contributed by atoms with E-state index in [1.807, 2.05) is 4.90 Å². The van der Waals surface area contributed by atoms with Crippen LogP contribution in [0.5, 0.6) is 0 Å². The van der Waals surface area contributed by atoms with Crippen LogP contribution < -0.4 is 5.32 Å². The summed E-state index contributed by atoms with van der Waals surface area (Å²) in [6, 6.07) is 0.583. The molecule has 2 aliphatic heterocycles. The number of carbonyl (C=O) groups is 1. The molecule has 0 aromatic carbocycles. The number of likely N-dealkylation sites (tertiary alicyclic amines) is 1. The van der Waals surface area contributed by atoms with E-state index >= 15 is 0 Å². The average Bonchev–Trinajstić information content (AvgIpc) is 2.98. The van der Waals surface area contributed by atoms with Crippen LogP contribution in [0.3, 0.4) is 0 Å². The Kier molecular flexibility index (Phi) is 7.34. The summed E-state index contributed by atoms with van der Waals surface area (Å²) in [5.41, 5.74) is 0. The van der Waals surface area contributed by atoms with Gasteiger partial charge in [0.2, 0.25) is 5.91 Å². The molecule has 2 aliphatic rings. The van der Waals surface area contributed by atoms with Crippen LogP contribution in [0.2, 0.25) is 0 Å². The van der Waals surface area contributed by atoms with Crippen molar-refractivity contribution < 1.29 is 4.79 Å². The Bertz CT molecular complexity index is 429. The number of aliphatic imine (C=N–C) groups is 1. The van der Waals surface area contributed by atoms with Crippen LogP contribution >= 0.6 is 0 Å². The minimum Gasteiger partial charge on any atom is -0.357 e. The molecule has 1 amide bonds. The Hall–Kier alpha value is -1.30. The molecule has 0 aliphatic carbocycles. The molecule has 24 heavy (non-hydrogen) atoms. The number of guanidine groups is 1. The van der Waals surface area contributed by atoms with Gasteiger partial charge in [0.25, 0.3) is 0 Å². The van der Waals surface area contributed by atoms with Crippen LogP contribution in [0.1, 0.15) is 40.5 Å². The second-order valence-corrected chi connectivity index (χ2v) is 7.37. The van der Waals surface area contributed by atoms with Gasteiger partial charge < -0.3 is 15.1 Å². The predicted octanol–water partition coefficient (Wildman–Crippen LogP) is 1.24. The second kappa shape index (κ2) is 9.25. The van der Waals surface area contributed by atoms with Crippen molar-refractivity contribution in [2.24, 2.45) is 10.9 Å². The van der Waals surface area contributed by atoms with E-state index in [-0.39, 0.29) is 5.91 Å². The van der Waals surface area contributed by atoms with Gasteiger partial charge in [-0.1, -0.05) is 13.8 Å². The summed E-state index contributed by atoms with van der Waals surface area (Å²) in [6.45, 7) is 15.8. The molecule has 0 bridgehead atoms. The quantitative estimate of drug-likeness (QED) is 0.606. The topological polar surface area (TPSA) is 51.2 Å². The zero-order valence-electron chi connectivity index (χ0n) is 15.9. The van der Waals surface area contributed by atoms with Crippen molar-refractivity contribution in [3.05, 3.63) is 0 Å². The lowest BCUT2D eigenvalue weighted by atomic mass is 10.2. The highest BCUT2D eigenvalue weighted by molar-refractivity contribution is 5.80. The summed E-state index contributed by atoms with van der Waals surface area (Å²) in [5, 5.41) is 3.43. The standard InChI is InChI=1S/C18H35N5O/c1-5-19-18(22-11-9-21(10-12-22)16(4)24)20-13-17-7-6-8-23(17)14-15(2)3/h15,17H,5-14H2,1-4H3,(H,19,20)/t17-/m1/s1. The molecule has 2 saturated heterocycles. The summed E-state index contributed by atoms with van der Waals surface area (Å²) < 4.78 is 0. The SMILES string of the molecule is CCNC(=NC[C@H]1CCCN1CC(C)C)N1CCN(C(C)=O)CC1. The van der Waals surface area contributed by atoms with E-state index in [0.717, 1.165) is 45.2 Å². The van der Waals surface area contributed by atoms with Crippen LogP contribution in [0.4, 0.5) is 0 Å². The molecule has 0 spiro atoms. The number of hydrogen-bond acceptors (Lipinski definition) is 3. The smallest absolute Gasteiger partial charge is 0.219 e. The third-order valence-corrected chi connectivity index (χ3v) is 4.91. The maximum absolute atomic E-state index is 11.5. The van der Waals surface area contributed by atoms with Gasteiger partial charge in [0.1, 0.15) is 0 Å². The monoisotopic (exact) mass is 337 g/mol. The predicted molar refractivity (Wildman–Crippen MR) is 99.2 cm³/mol. The Labute approximate surface area is 147 Å². The molecule has 6 heteroatoms. The van der Waals surface area contributed by atoms with Gasteiger partial charge in [0, 0.05) is 52.2 Å². The van der Waals surface area contributed by atoms with Gasteiger partial charge in [-0.3, -0.25) is 14.7 Å². The lowest BCUT2D eigenvalue weighted by molar-refractivity contribution is -0.130. The van der Waals surface area contributed by atoms with E-state index < -0.39 is 0 Å². The van der Waals surface area contributed by atoms with Crippen molar-refractivity contribution >= 4 is 11.9 Å². The van der Waals surface area contributed by atoms with Crippen LogP contribution in [-0.2, 0) is 4.79 Å². The van der Waals surface area contributed by atoms with Crippen molar-refractivity contribution in [2.75, 3.05) is 52.4 Å². The molecule has 2 fully saturated rings. The average molecular weight is 338 g/mol. The summed E-state index contributed by atoms with van der Waals surface area (Å²) >= 11 is 0. The van der Waals surface area contributed by atoms with Crippen molar-refractivity contribution in [1.82, 2.24) is 20.0 Å². The van der Waals surface area contributed by atoms with Gasteiger partial charge in [-0.25, -0.2) is 0 Å². The van der Waals surface area contributed by atoms with Crippen LogP contribution in [-0.4, -0.2) is 85.0 Å². The second-order valence-electron chi connectivity index (χ2n) is 7.37. The number of piperazine rings is 1. The molecule has 138 valence electrons. The zero-order chi connectivity index (χ0) is 17.5. The number of hydrogen-bond donors (Lipinski definition) is 1. The van der Waals surface area contributed by atoms with E-state index in [2.05, 4.69) is 35.9 Å². The van der Waals surface area contributed by atoms with Crippen molar-refractivity contribution in [3.63, 3.8) is 0 Å². The van der Waals surface area contributed by atoms with E-state index in [9.17, 15) is 4.79 Å². The van der Waals surface area contributed by atoms with Crippen LogP contribution in [0.25, 0.3) is 0 Å². The Morgan fingerprint density at radius 2 is 1.83 bits per heavy atom. The molecule has 0 unspecified atom stereocenters. The maximum Gasteiger partial charge on any atom is 0.219 e. The summed E-state index contributed by atoms with van der Waals surface area (Å²) in [5.74, 6) is 1.89. The first-order chi connectivity index (χ1) is 11.5. The summed E-state index contributed by atoms with van der Waals surface area (Å²) in [4.78, 5) is 23.2. The number of amides is 1. The first-order valence-corrected chi connectivity index (χ1v) is 9.54. The lowest BCUT2D eigenvalue weighted by Gasteiger charge is -2.36. The molecule has 0 radical (unpaired) electrons. The molecular weight excluding hydrogens is 302 g/mol. The molecule has 0 saturated carbocycles. The van der Waals surface area contributed by atoms with Crippen LogP contribution in [0.15, 0.2) is 4.99 Å². The highest BCUT2D eigenvalue weighted by atomic mass is 16.2. The number of nitrogens with zero attached hydrogens (tertiary/aromatic N) is 4. The van der Waals surface area contributed by atoms with E-state index in [1.165, 1.54) is 25.9 Å². The molecule has 0 aromatic rings. The Morgan fingerprint density at radius 3 is 2.42 bits per heavy atom. The first-order valence-electron chi connectivity index (χ1n) is 9.54. The fourth-order valence-electron chi connectivity index (χ4n) is 3.66. The third kappa shape index (κ3) is 5.36. The van der Waals surface area contributed by atoms with E-state index in [4.69, 9.17) is 4.99 Å².